The van der Waals surface area contributed by atoms with Gasteiger partial charge in [-0.2, -0.15) is 0 Å². The second kappa shape index (κ2) is 8.07. The van der Waals surface area contributed by atoms with Gasteiger partial charge in [-0.05, 0) is 19.3 Å². The highest BCUT2D eigenvalue weighted by Crippen LogP contribution is 2.05. The maximum Gasteiger partial charge on any atom is 0.200 e. The Morgan fingerprint density at radius 3 is 1.92 bits per heavy atom. The van der Waals surface area contributed by atoms with Gasteiger partial charge < -0.3 is 5.73 Å². The first-order valence-corrected chi connectivity index (χ1v) is 3.85. The molecule has 0 aromatic rings. The summed E-state index contributed by atoms with van der Waals surface area (Å²) in [6.45, 7) is 10.3. The minimum Gasteiger partial charge on any atom is -0.369 e. The number of nitrogens with two attached hydrogens (primary N) is 2. The minimum atomic E-state index is -0.218. The van der Waals surface area contributed by atoms with Gasteiger partial charge in [-0.15, -0.1) is 6.58 Å². The van der Waals surface area contributed by atoms with Crippen molar-refractivity contribution in [2.45, 2.75) is 27.2 Å². The van der Waals surface area contributed by atoms with E-state index in [1.165, 1.54) is 12.0 Å². The molecule has 72 valence electrons. The lowest BCUT2D eigenvalue weighted by Crippen LogP contribution is -2.35. The van der Waals surface area contributed by atoms with Crippen LogP contribution in [0.2, 0.25) is 0 Å². The van der Waals surface area contributed by atoms with Crippen molar-refractivity contribution in [2.24, 2.45) is 17.5 Å². The third-order valence-electron chi connectivity index (χ3n) is 0.912. The van der Waals surface area contributed by atoms with Crippen LogP contribution in [0.25, 0.3) is 0 Å². The van der Waals surface area contributed by atoms with Crippen LogP contribution in [0.4, 0.5) is 0 Å². The molecule has 0 fully saturated rings. The standard InChI is InChI=1S/C7H14.CH6N4/c1-6(2)5-7(3)4;2-1(3)5-4/h7H,1,5H2,2-4H3;4H2,(H4,2,3,5). The Balaban J connectivity index is 0. The lowest BCUT2D eigenvalue weighted by molar-refractivity contribution is 0.644. The van der Waals surface area contributed by atoms with E-state index in [1.54, 1.807) is 0 Å². The molecule has 0 radical (unpaired) electrons. The first kappa shape index (κ1) is 13.6. The van der Waals surface area contributed by atoms with Crippen molar-refractivity contribution in [3.05, 3.63) is 12.2 Å². The molecule has 0 unspecified atom stereocenters. The third kappa shape index (κ3) is 23.1. The fourth-order valence-corrected chi connectivity index (χ4v) is 0.697. The third-order valence-corrected chi connectivity index (χ3v) is 0.912. The highest BCUT2D eigenvalue weighted by atomic mass is 15.3. The summed E-state index contributed by atoms with van der Waals surface area (Å²) < 4.78 is 0. The molecule has 12 heavy (non-hydrogen) atoms. The monoisotopic (exact) mass is 172 g/mol. The van der Waals surface area contributed by atoms with Crippen LogP contribution >= 0.6 is 0 Å². The van der Waals surface area contributed by atoms with Gasteiger partial charge in [0.2, 0.25) is 0 Å². The van der Waals surface area contributed by atoms with Crippen LogP contribution in [0.15, 0.2) is 12.2 Å². The van der Waals surface area contributed by atoms with Crippen molar-refractivity contribution >= 4 is 5.96 Å². The quantitative estimate of drug-likeness (QED) is 0.164. The molecule has 0 rings (SSSR count). The topological polar surface area (TPSA) is 87.9 Å². The lowest BCUT2D eigenvalue weighted by atomic mass is 10.1. The second-order valence-electron chi connectivity index (χ2n) is 3.11. The van der Waals surface area contributed by atoms with Gasteiger partial charge in [0.05, 0.1) is 0 Å². The van der Waals surface area contributed by atoms with Crippen LogP contribution in [0.5, 0.6) is 0 Å². The zero-order valence-electron chi connectivity index (χ0n) is 8.15. The first-order chi connectivity index (χ1) is 5.40. The minimum absolute atomic E-state index is 0.218. The van der Waals surface area contributed by atoms with Crippen molar-refractivity contribution in [1.29, 1.82) is 5.41 Å². The Morgan fingerprint density at radius 1 is 1.58 bits per heavy atom. The van der Waals surface area contributed by atoms with Crippen LogP contribution < -0.4 is 17.0 Å². The van der Waals surface area contributed by atoms with E-state index < -0.39 is 0 Å². The highest BCUT2D eigenvalue weighted by Gasteiger charge is 1.90. The molecular weight excluding hydrogens is 152 g/mol. The molecule has 0 aliphatic heterocycles. The van der Waals surface area contributed by atoms with Crippen molar-refractivity contribution in [3.63, 3.8) is 0 Å². The fourth-order valence-electron chi connectivity index (χ4n) is 0.697. The summed E-state index contributed by atoms with van der Waals surface area (Å²) in [5.41, 5.74) is 7.81. The summed E-state index contributed by atoms with van der Waals surface area (Å²) in [5.74, 6) is 5.13. The fraction of sp³-hybridized carbons (Fsp3) is 0.625. The van der Waals surface area contributed by atoms with E-state index in [0.29, 0.717) is 0 Å². The molecule has 0 amide bonds. The molecule has 4 nitrogen and oxygen atoms in total. The highest BCUT2D eigenvalue weighted by molar-refractivity contribution is 5.73. The van der Waals surface area contributed by atoms with Crippen molar-refractivity contribution in [3.8, 4) is 0 Å². The molecule has 0 aliphatic carbocycles. The molecule has 0 spiro atoms. The van der Waals surface area contributed by atoms with Crippen LogP contribution in [-0.4, -0.2) is 5.96 Å². The smallest absolute Gasteiger partial charge is 0.200 e. The number of rotatable bonds is 2. The number of nitrogens with one attached hydrogen (secondary N) is 2. The molecule has 0 saturated carbocycles. The average Bonchev–Trinajstić information content (AvgIpc) is 1.85. The molecule has 0 aromatic carbocycles. The van der Waals surface area contributed by atoms with Gasteiger partial charge >= 0.3 is 0 Å². The van der Waals surface area contributed by atoms with Crippen LogP contribution in [0.1, 0.15) is 27.2 Å². The summed E-state index contributed by atoms with van der Waals surface area (Å²) >= 11 is 0. The zero-order chi connectivity index (χ0) is 10.1. The van der Waals surface area contributed by atoms with Crippen molar-refractivity contribution in [2.75, 3.05) is 0 Å². The molecule has 0 heterocycles. The van der Waals surface area contributed by atoms with E-state index >= 15 is 0 Å². The van der Waals surface area contributed by atoms with E-state index in [1.807, 2.05) is 5.43 Å². The molecule has 0 atom stereocenters. The van der Waals surface area contributed by atoms with Gasteiger partial charge in [-0.25, -0.2) is 5.84 Å². The summed E-state index contributed by atoms with van der Waals surface area (Å²) in [4.78, 5) is 0. The predicted molar refractivity (Wildman–Crippen MR) is 53.5 cm³/mol. The van der Waals surface area contributed by atoms with Gasteiger partial charge in [0.25, 0.3) is 0 Å². The zero-order valence-corrected chi connectivity index (χ0v) is 8.15. The van der Waals surface area contributed by atoms with E-state index in [9.17, 15) is 0 Å². The molecule has 0 aromatic heterocycles. The Labute approximate surface area is 74.5 Å². The van der Waals surface area contributed by atoms with E-state index in [-0.39, 0.29) is 5.96 Å². The van der Waals surface area contributed by atoms with E-state index in [2.05, 4.69) is 38.9 Å². The predicted octanol–water partition coefficient (Wildman–Crippen LogP) is 0.952. The Bertz CT molecular complexity index is 140. The molecule has 0 saturated heterocycles. The number of hydrogen-bond acceptors (Lipinski definition) is 2. The van der Waals surface area contributed by atoms with Crippen LogP contribution in [0.3, 0.4) is 0 Å². The Kier molecular flexibility index (Phi) is 9.11. The molecule has 0 bridgehead atoms. The Morgan fingerprint density at radius 2 is 1.92 bits per heavy atom. The summed E-state index contributed by atoms with van der Waals surface area (Å²) in [5, 5.41) is 6.28. The van der Waals surface area contributed by atoms with Gasteiger partial charge in [0.15, 0.2) is 5.96 Å². The Hall–Kier alpha value is -1.03. The van der Waals surface area contributed by atoms with Crippen molar-refractivity contribution in [1.82, 2.24) is 5.43 Å². The van der Waals surface area contributed by atoms with Crippen LogP contribution in [-0.2, 0) is 0 Å². The average molecular weight is 172 g/mol. The molecule has 4 heteroatoms. The molecule has 0 aliphatic rings. The largest absolute Gasteiger partial charge is 0.369 e. The van der Waals surface area contributed by atoms with Gasteiger partial charge in [-0.1, -0.05) is 19.4 Å². The van der Waals surface area contributed by atoms with Gasteiger partial charge in [-0.3, -0.25) is 10.8 Å². The van der Waals surface area contributed by atoms with Crippen molar-refractivity contribution < 1.29 is 0 Å². The number of hydrazine groups is 1. The number of hydrogen-bond donors (Lipinski definition) is 4. The number of guanidine groups is 1. The van der Waals surface area contributed by atoms with E-state index in [0.717, 1.165) is 5.92 Å². The van der Waals surface area contributed by atoms with Gasteiger partial charge in [0.1, 0.15) is 0 Å². The van der Waals surface area contributed by atoms with Crippen LogP contribution in [0, 0.1) is 11.3 Å². The SMILES string of the molecule is C=C(C)CC(C)C.N=C(N)NN. The lowest BCUT2D eigenvalue weighted by Gasteiger charge is -1.99. The first-order valence-electron chi connectivity index (χ1n) is 3.85. The molecule has 6 N–H and O–H groups in total. The summed E-state index contributed by atoms with van der Waals surface area (Å²) in [7, 11) is 0. The normalized spacial score (nSPS) is 8.42. The van der Waals surface area contributed by atoms with E-state index in [4.69, 9.17) is 5.41 Å². The summed E-state index contributed by atoms with van der Waals surface area (Å²) in [6.07, 6.45) is 1.17. The second-order valence-corrected chi connectivity index (χ2v) is 3.11. The van der Waals surface area contributed by atoms with Gasteiger partial charge in [0, 0.05) is 0 Å². The maximum atomic E-state index is 6.28. The maximum absolute atomic E-state index is 6.28. The molecular formula is C8H20N4. The summed E-state index contributed by atoms with van der Waals surface area (Å²) in [6, 6.07) is 0. The number of allylic oxidation sites excluding steroid dienone is 1.